The number of hydrazine groups is 2. The van der Waals surface area contributed by atoms with Gasteiger partial charge in [-0.25, -0.2) is 8.78 Å². The number of nitrogens with zero attached hydrogens (tertiary/aromatic N) is 2. The van der Waals surface area contributed by atoms with E-state index in [2.05, 4.69) is 58.3 Å². The first-order chi connectivity index (χ1) is 20.5. The molecule has 0 bridgehead atoms. The van der Waals surface area contributed by atoms with Crippen molar-refractivity contribution in [2.45, 2.75) is 51.6 Å². The van der Waals surface area contributed by atoms with Crippen molar-refractivity contribution in [3.8, 4) is 12.3 Å². The van der Waals surface area contributed by atoms with Crippen molar-refractivity contribution in [3.05, 3.63) is 87.2 Å². The molecule has 1 aliphatic heterocycles. The summed E-state index contributed by atoms with van der Waals surface area (Å²) in [6, 6.07) is 10.4. The van der Waals surface area contributed by atoms with Gasteiger partial charge in [-0.3, -0.25) is 14.8 Å². The second-order valence-electron chi connectivity index (χ2n) is 12.2. The molecule has 222 valence electrons. The van der Waals surface area contributed by atoms with Crippen molar-refractivity contribution >= 4 is 44.7 Å². The van der Waals surface area contributed by atoms with Crippen LogP contribution in [0.25, 0.3) is 21.7 Å². The monoisotopic (exact) mass is 603 g/mol. The first kappa shape index (κ1) is 28.8. The molecule has 43 heavy (non-hydrogen) atoms. The minimum atomic E-state index is -2.52. The third-order valence-electron chi connectivity index (χ3n) is 7.89. The van der Waals surface area contributed by atoms with Crippen molar-refractivity contribution in [1.29, 1.82) is 0 Å². The molecule has 8 nitrogen and oxygen atoms in total. The van der Waals surface area contributed by atoms with E-state index in [1.807, 2.05) is 18.2 Å². The van der Waals surface area contributed by atoms with Crippen LogP contribution in [0.1, 0.15) is 50.8 Å². The molecular formula is C32H32ClF2N7O. The molecule has 1 aliphatic carbocycles. The maximum atomic E-state index is 14.0. The van der Waals surface area contributed by atoms with Gasteiger partial charge in [-0.1, -0.05) is 50.4 Å². The lowest BCUT2D eigenvalue weighted by molar-refractivity contribution is 0.00911. The molecule has 0 spiro atoms. The second kappa shape index (κ2) is 10.7. The van der Waals surface area contributed by atoms with Gasteiger partial charge in [-0.05, 0) is 53.5 Å². The van der Waals surface area contributed by atoms with Crippen molar-refractivity contribution in [3.63, 3.8) is 0 Å². The molecule has 0 unspecified atom stereocenters. The third kappa shape index (κ3) is 5.35. The Balaban J connectivity index is 1.48. The number of H-pyrrole nitrogens is 1. The van der Waals surface area contributed by atoms with Gasteiger partial charge in [0.15, 0.2) is 0 Å². The number of fused-ring (bicyclic) bond motifs is 2. The fourth-order valence-electron chi connectivity index (χ4n) is 5.39. The molecule has 0 radical (unpaired) electrons. The number of halogens is 3. The van der Waals surface area contributed by atoms with Gasteiger partial charge in [0, 0.05) is 41.6 Å². The molecule has 3 heterocycles. The largest absolute Gasteiger partial charge is 0.383 e. The van der Waals surface area contributed by atoms with Crippen LogP contribution in [0.3, 0.4) is 0 Å². The molecule has 4 aromatic rings. The van der Waals surface area contributed by atoms with Crippen LogP contribution in [-0.4, -0.2) is 33.5 Å². The maximum absolute atomic E-state index is 14.0. The zero-order valence-electron chi connectivity index (χ0n) is 24.0. The Morgan fingerprint density at radius 1 is 1.19 bits per heavy atom. The number of terminal acetylenes is 1. The zero-order chi connectivity index (χ0) is 30.5. The molecule has 1 fully saturated rings. The third-order valence-corrected chi connectivity index (χ3v) is 8.18. The Morgan fingerprint density at radius 2 is 1.98 bits per heavy atom. The van der Waals surface area contributed by atoms with Gasteiger partial charge in [0.1, 0.15) is 5.54 Å². The number of aromatic nitrogens is 2. The molecule has 1 saturated carbocycles. The molecule has 1 atom stereocenters. The number of rotatable bonds is 8. The van der Waals surface area contributed by atoms with Crippen LogP contribution in [0, 0.1) is 17.8 Å². The van der Waals surface area contributed by atoms with Crippen molar-refractivity contribution in [2.75, 3.05) is 17.2 Å². The number of hydrogen-bond donors (Lipinski definition) is 5. The number of hydrogen-bond acceptors (Lipinski definition) is 7. The summed E-state index contributed by atoms with van der Waals surface area (Å²) in [5, 5.41) is 10.9. The second-order valence-corrected chi connectivity index (χ2v) is 12.7. The van der Waals surface area contributed by atoms with E-state index >= 15 is 0 Å². The van der Waals surface area contributed by atoms with Crippen molar-refractivity contribution in [2.24, 2.45) is 5.41 Å². The fourth-order valence-corrected chi connectivity index (χ4v) is 5.66. The molecule has 11 heteroatoms. The van der Waals surface area contributed by atoms with E-state index in [4.69, 9.17) is 18.0 Å². The Kier molecular flexibility index (Phi) is 7.19. The molecule has 0 saturated heterocycles. The first-order valence-electron chi connectivity index (χ1n) is 14.0. The van der Waals surface area contributed by atoms with E-state index in [0.29, 0.717) is 52.3 Å². The van der Waals surface area contributed by atoms with Crippen LogP contribution in [-0.2, 0) is 0 Å². The molecule has 6 rings (SSSR count). The minimum absolute atomic E-state index is 0.0188. The quantitative estimate of drug-likeness (QED) is 0.151. The molecule has 2 aromatic carbocycles. The highest BCUT2D eigenvalue weighted by Gasteiger charge is 2.56. The highest BCUT2D eigenvalue weighted by molar-refractivity contribution is 6.35. The summed E-state index contributed by atoms with van der Waals surface area (Å²) in [7, 11) is 0. The summed E-state index contributed by atoms with van der Waals surface area (Å²) >= 11 is 6.79. The number of alkyl halides is 2. The summed E-state index contributed by atoms with van der Waals surface area (Å²) in [5.41, 5.74) is 8.47. The Morgan fingerprint density at radius 3 is 2.67 bits per heavy atom. The molecule has 2 aromatic heterocycles. The fraction of sp³-hybridized carbons (Fsp3) is 0.312. The van der Waals surface area contributed by atoms with Crippen LogP contribution in [0.15, 0.2) is 65.5 Å². The van der Waals surface area contributed by atoms with E-state index in [1.165, 1.54) is 5.01 Å². The molecule has 2 aliphatic rings. The normalized spacial score (nSPS) is 16.6. The van der Waals surface area contributed by atoms with E-state index in [1.54, 1.807) is 36.8 Å². The lowest BCUT2D eigenvalue weighted by Gasteiger charge is -2.25. The summed E-state index contributed by atoms with van der Waals surface area (Å²) in [4.78, 5) is 19.9. The molecule has 5 N–H and O–H groups in total. The zero-order valence-corrected chi connectivity index (χ0v) is 24.7. The Bertz CT molecular complexity index is 1850. The smallest absolute Gasteiger partial charge is 0.262 e. The lowest BCUT2D eigenvalue weighted by Crippen LogP contribution is -2.48. The van der Waals surface area contributed by atoms with Crippen LogP contribution in [0.4, 0.5) is 20.2 Å². The lowest BCUT2D eigenvalue weighted by atomic mass is 9.96. The summed E-state index contributed by atoms with van der Waals surface area (Å²) in [5.74, 6) is 2.72. The SMILES string of the molecule is C#Cc1cnc2c(Cl)cc(N[C@H](C3=CN(C4(C(F)F)CC4)NN3)c3cccc4c(=O)[nH]ccc34)cc2c1NCC(C)(C)C. The van der Waals surface area contributed by atoms with Gasteiger partial charge in [0.2, 0.25) is 0 Å². The minimum Gasteiger partial charge on any atom is -0.383 e. The number of benzene rings is 2. The van der Waals surface area contributed by atoms with Gasteiger partial charge in [0.25, 0.3) is 12.0 Å². The summed E-state index contributed by atoms with van der Waals surface area (Å²) in [6.45, 7) is 7.03. The van der Waals surface area contributed by atoms with Crippen molar-refractivity contribution in [1.82, 2.24) is 25.9 Å². The van der Waals surface area contributed by atoms with E-state index in [0.717, 1.165) is 22.0 Å². The number of aromatic amines is 1. The van der Waals surface area contributed by atoms with Crippen LogP contribution >= 0.6 is 11.6 Å². The van der Waals surface area contributed by atoms with E-state index < -0.39 is 18.0 Å². The van der Waals surface area contributed by atoms with E-state index in [9.17, 15) is 13.6 Å². The van der Waals surface area contributed by atoms with Gasteiger partial charge in [-0.15, -0.1) is 12.0 Å². The van der Waals surface area contributed by atoms with Crippen LogP contribution in [0.5, 0.6) is 0 Å². The average Bonchev–Trinajstić information content (AvgIpc) is 3.64. The molecular weight excluding hydrogens is 572 g/mol. The summed E-state index contributed by atoms with van der Waals surface area (Å²) in [6.07, 6.45) is 8.97. The predicted octanol–water partition coefficient (Wildman–Crippen LogP) is 6.29. The van der Waals surface area contributed by atoms with Gasteiger partial charge in [-0.2, -0.15) is 0 Å². The Hall–Kier alpha value is -4.33. The van der Waals surface area contributed by atoms with Crippen molar-refractivity contribution < 1.29 is 8.78 Å². The maximum Gasteiger partial charge on any atom is 0.262 e. The number of pyridine rings is 2. The topological polar surface area (TPSA) is 97.1 Å². The summed E-state index contributed by atoms with van der Waals surface area (Å²) < 4.78 is 27.9. The van der Waals surface area contributed by atoms with Crippen LogP contribution in [0.2, 0.25) is 5.02 Å². The Labute approximate surface area is 252 Å². The first-order valence-corrected chi connectivity index (χ1v) is 14.4. The highest BCUT2D eigenvalue weighted by atomic mass is 35.5. The van der Waals surface area contributed by atoms with Gasteiger partial charge < -0.3 is 21.0 Å². The van der Waals surface area contributed by atoms with Gasteiger partial charge >= 0.3 is 0 Å². The number of anilines is 2. The average molecular weight is 604 g/mol. The predicted molar refractivity (Wildman–Crippen MR) is 168 cm³/mol. The van der Waals surface area contributed by atoms with E-state index in [-0.39, 0.29) is 11.0 Å². The van der Waals surface area contributed by atoms with Crippen LogP contribution < -0.4 is 27.2 Å². The number of nitrogens with one attached hydrogen (secondary N) is 5. The molecule has 0 amide bonds. The van der Waals surface area contributed by atoms with Gasteiger partial charge in [0.05, 0.1) is 33.5 Å². The highest BCUT2D eigenvalue weighted by Crippen LogP contribution is 2.47. The standard InChI is InChI=1S/C32H32ClF2N7O/c1-5-18-15-37-27-23(26(18)38-17-31(2,3)4)13-19(14-24(27)33)39-28(21-7-6-8-22-20(21)9-12-36-29(22)43)25-16-42(41-40-25)32(10-11-32)30(34)35/h1,6-9,12-16,28,30,39-41H,10-11,17H2,2-4H3,(H,36,43)(H,37,38)/t28-/m0/s1.